The standard InChI is InChI=1S/C52H90O6/c1-4-7-10-13-16-19-22-24-26-28-30-33-36-39-42-45-51(54)57-48-49(47-56-50(53)44-41-38-35-32-29-21-18-15-12-9-6-3)58-52(55)46-43-40-37-34-31-27-25-23-20-17-14-11-8-5-2/h8-9,11-12,17-18,20-21,32,35,49H,4-7,10,13-16,19,22-31,33-34,36-48H2,1-3H3/b11-8-,12-9-,20-17-,21-18-,35-32-. The number of hydrogen-bond acceptors (Lipinski definition) is 6. The zero-order valence-corrected chi connectivity index (χ0v) is 38.0. The van der Waals surface area contributed by atoms with Gasteiger partial charge in [0.25, 0.3) is 0 Å². The minimum atomic E-state index is -0.794. The van der Waals surface area contributed by atoms with E-state index in [0.717, 1.165) is 83.5 Å². The van der Waals surface area contributed by atoms with Crippen LogP contribution in [0.1, 0.15) is 233 Å². The van der Waals surface area contributed by atoms with Crippen LogP contribution in [0.5, 0.6) is 0 Å². The fraction of sp³-hybridized carbons (Fsp3) is 0.750. The zero-order chi connectivity index (χ0) is 42.3. The summed E-state index contributed by atoms with van der Waals surface area (Å²) in [7, 11) is 0. The van der Waals surface area contributed by atoms with Crippen LogP contribution in [0, 0.1) is 0 Å². The Hall–Kier alpha value is -2.89. The van der Waals surface area contributed by atoms with Crippen molar-refractivity contribution in [3.8, 4) is 0 Å². The molecule has 0 bridgehead atoms. The molecule has 0 amide bonds. The SMILES string of the molecule is CC/C=C\C/C=C\C/C=C\CCCC(=O)OCC(COC(=O)CCCCCCCCCCCCCCCCC)OC(=O)CCCCCCCCC/C=C\C/C=C\CC. The second-order valence-corrected chi connectivity index (χ2v) is 16.0. The number of rotatable bonds is 43. The van der Waals surface area contributed by atoms with E-state index in [9.17, 15) is 14.4 Å². The highest BCUT2D eigenvalue weighted by molar-refractivity contribution is 5.71. The predicted molar refractivity (Wildman–Crippen MR) is 247 cm³/mol. The third-order valence-electron chi connectivity index (χ3n) is 10.3. The topological polar surface area (TPSA) is 78.9 Å². The van der Waals surface area contributed by atoms with Crippen LogP contribution in [0.2, 0.25) is 0 Å². The van der Waals surface area contributed by atoms with Gasteiger partial charge in [-0.15, -0.1) is 0 Å². The molecule has 6 heteroatoms. The highest BCUT2D eigenvalue weighted by Gasteiger charge is 2.19. The summed E-state index contributed by atoms with van der Waals surface area (Å²) in [6, 6.07) is 0. The molecule has 0 aromatic carbocycles. The van der Waals surface area contributed by atoms with Gasteiger partial charge in [0.05, 0.1) is 0 Å². The van der Waals surface area contributed by atoms with Gasteiger partial charge in [-0.05, 0) is 70.6 Å². The molecule has 0 heterocycles. The monoisotopic (exact) mass is 811 g/mol. The lowest BCUT2D eigenvalue weighted by molar-refractivity contribution is -0.167. The summed E-state index contributed by atoms with van der Waals surface area (Å²) in [6.45, 7) is 6.36. The second kappa shape index (κ2) is 46.8. The molecule has 334 valence electrons. The van der Waals surface area contributed by atoms with Gasteiger partial charge >= 0.3 is 17.9 Å². The number of ether oxygens (including phenoxy) is 3. The molecule has 1 unspecified atom stereocenters. The van der Waals surface area contributed by atoms with E-state index in [0.29, 0.717) is 19.3 Å². The minimum absolute atomic E-state index is 0.0916. The van der Waals surface area contributed by atoms with Crippen molar-refractivity contribution in [2.45, 2.75) is 239 Å². The smallest absolute Gasteiger partial charge is 0.306 e. The largest absolute Gasteiger partial charge is 0.462 e. The predicted octanol–water partition coefficient (Wildman–Crippen LogP) is 15.7. The molecule has 0 saturated heterocycles. The summed E-state index contributed by atoms with van der Waals surface area (Å²) in [5, 5.41) is 0. The van der Waals surface area contributed by atoms with Gasteiger partial charge in [-0.3, -0.25) is 14.4 Å². The van der Waals surface area contributed by atoms with Gasteiger partial charge < -0.3 is 14.2 Å². The molecule has 58 heavy (non-hydrogen) atoms. The Morgan fingerprint density at radius 3 is 1.12 bits per heavy atom. The molecule has 0 aliphatic carbocycles. The average Bonchev–Trinajstić information content (AvgIpc) is 3.22. The first kappa shape index (κ1) is 55.1. The maximum absolute atomic E-state index is 12.7. The molecule has 1 atom stereocenters. The zero-order valence-electron chi connectivity index (χ0n) is 38.0. The van der Waals surface area contributed by atoms with E-state index in [1.807, 2.05) is 0 Å². The van der Waals surface area contributed by atoms with Crippen LogP contribution in [0.4, 0.5) is 0 Å². The third kappa shape index (κ3) is 44.2. The molecule has 0 aliphatic heterocycles. The van der Waals surface area contributed by atoms with E-state index < -0.39 is 6.10 Å². The number of esters is 3. The third-order valence-corrected chi connectivity index (χ3v) is 10.3. The Morgan fingerprint density at radius 2 is 0.690 bits per heavy atom. The van der Waals surface area contributed by atoms with E-state index in [-0.39, 0.29) is 37.5 Å². The Labute approximate surface area is 358 Å². The van der Waals surface area contributed by atoms with Crippen molar-refractivity contribution in [3.63, 3.8) is 0 Å². The fourth-order valence-corrected chi connectivity index (χ4v) is 6.68. The lowest BCUT2D eigenvalue weighted by Gasteiger charge is -2.18. The van der Waals surface area contributed by atoms with Crippen molar-refractivity contribution in [3.05, 3.63) is 60.8 Å². The van der Waals surface area contributed by atoms with Crippen LogP contribution in [-0.4, -0.2) is 37.2 Å². The summed E-state index contributed by atoms with van der Waals surface area (Å²) < 4.78 is 16.7. The van der Waals surface area contributed by atoms with Crippen molar-refractivity contribution in [1.29, 1.82) is 0 Å². The Balaban J connectivity index is 4.41. The quantitative estimate of drug-likeness (QED) is 0.0264. The molecule has 0 aromatic rings. The molecule has 0 N–H and O–H groups in total. The molecule has 0 fully saturated rings. The molecule has 0 rings (SSSR count). The van der Waals surface area contributed by atoms with Gasteiger partial charge in [0, 0.05) is 19.3 Å². The van der Waals surface area contributed by atoms with Crippen molar-refractivity contribution in [1.82, 2.24) is 0 Å². The number of unbranched alkanes of at least 4 members (excludes halogenated alkanes) is 22. The van der Waals surface area contributed by atoms with Gasteiger partial charge in [-0.25, -0.2) is 0 Å². The van der Waals surface area contributed by atoms with Crippen LogP contribution in [0.25, 0.3) is 0 Å². The summed E-state index contributed by atoms with van der Waals surface area (Å²) in [5.74, 6) is -0.955. The van der Waals surface area contributed by atoms with E-state index in [2.05, 4.69) is 81.5 Å². The maximum Gasteiger partial charge on any atom is 0.306 e. The lowest BCUT2D eigenvalue weighted by atomic mass is 10.0. The summed E-state index contributed by atoms with van der Waals surface area (Å²) in [4.78, 5) is 37.8. The first-order valence-electron chi connectivity index (χ1n) is 24.3. The molecule has 0 aromatic heterocycles. The van der Waals surface area contributed by atoms with Gasteiger partial charge in [0.2, 0.25) is 0 Å². The molecular weight excluding hydrogens is 721 g/mol. The van der Waals surface area contributed by atoms with Crippen molar-refractivity contribution in [2.75, 3.05) is 13.2 Å². The fourth-order valence-electron chi connectivity index (χ4n) is 6.68. The summed E-state index contributed by atoms with van der Waals surface area (Å²) in [6.07, 6.45) is 56.4. The number of allylic oxidation sites excluding steroid dienone is 10. The van der Waals surface area contributed by atoms with Crippen molar-refractivity contribution < 1.29 is 28.6 Å². The number of carbonyl (C=O) groups is 3. The van der Waals surface area contributed by atoms with E-state index in [1.165, 1.54) is 103 Å². The molecule has 6 nitrogen and oxygen atoms in total. The van der Waals surface area contributed by atoms with Gasteiger partial charge in [-0.2, -0.15) is 0 Å². The van der Waals surface area contributed by atoms with E-state index >= 15 is 0 Å². The normalized spacial score (nSPS) is 12.5. The number of hydrogen-bond donors (Lipinski definition) is 0. The van der Waals surface area contributed by atoms with Crippen LogP contribution in [0.15, 0.2) is 60.8 Å². The van der Waals surface area contributed by atoms with Crippen LogP contribution in [0.3, 0.4) is 0 Å². The van der Waals surface area contributed by atoms with Crippen molar-refractivity contribution in [2.24, 2.45) is 0 Å². The van der Waals surface area contributed by atoms with Crippen LogP contribution in [-0.2, 0) is 28.6 Å². The maximum atomic E-state index is 12.7. The van der Waals surface area contributed by atoms with Gasteiger partial charge in [0.1, 0.15) is 13.2 Å². The Morgan fingerprint density at radius 1 is 0.362 bits per heavy atom. The van der Waals surface area contributed by atoms with Gasteiger partial charge in [-0.1, -0.05) is 204 Å². The highest BCUT2D eigenvalue weighted by Crippen LogP contribution is 2.15. The van der Waals surface area contributed by atoms with Gasteiger partial charge in [0.15, 0.2) is 6.10 Å². The Kier molecular flexibility index (Phi) is 44.5. The average molecular weight is 811 g/mol. The summed E-state index contributed by atoms with van der Waals surface area (Å²) in [5.41, 5.74) is 0. The first-order valence-corrected chi connectivity index (χ1v) is 24.3. The van der Waals surface area contributed by atoms with E-state index in [1.54, 1.807) is 0 Å². The first-order chi connectivity index (χ1) is 28.5. The molecule has 0 spiro atoms. The molecular formula is C52H90O6. The minimum Gasteiger partial charge on any atom is -0.462 e. The molecule has 0 saturated carbocycles. The molecule has 0 radical (unpaired) electrons. The number of carbonyl (C=O) groups excluding carboxylic acids is 3. The van der Waals surface area contributed by atoms with Crippen LogP contribution >= 0.6 is 0 Å². The van der Waals surface area contributed by atoms with E-state index in [4.69, 9.17) is 14.2 Å². The lowest BCUT2D eigenvalue weighted by Crippen LogP contribution is -2.30. The second-order valence-electron chi connectivity index (χ2n) is 16.0. The summed E-state index contributed by atoms with van der Waals surface area (Å²) >= 11 is 0. The van der Waals surface area contributed by atoms with Crippen LogP contribution < -0.4 is 0 Å². The highest BCUT2D eigenvalue weighted by atomic mass is 16.6. The Bertz CT molecular complexity index is 1070. The molecule has 0 aliphatic rings. The van der Waals surface area contributed by atoms with Crippen molar-refractivity contribution >= 4 is 17.9 Å².